The summed E-state index contributed by atoms with van der Waals surface area (Å²) in [5, 5.41) is 9.91. The molecular formula is C21H24N4OS. The van der Waals surface area contributed by atoms with Crippen LogP contribution in [-0.4, -0.2) is 38.2 Å². The van der Waals surface area contributed by atoms with Crippen molar-refractivity contribution >= 4 is 11.8 Å². The Bertz CT molecular complexity index is 904. The van der Waals surface area contributed by atoms with Crippen LogP contribution in [0, 0.1) is 13.8 Å². The van der Waals surface area contributed by atoms with Gasteiger partial charge in [0, 0.05) is 30.3 Å². The molecule has 1 saturated heterocycles. The number of ether oxygens (including phenoxy) is 1. The third kappa shape index (κ3) is 4.06. The normalized spacial score (nSPS) is 17.2. The average molecular weight is 381 g/mol. The Morgan fingerprint density at radius 1 is 1.19 bits per heavy atom. The number of aryl methyl sites for hydroxylation is 2. The number of aromatic nitrogens is 4. The minimum absolute atomic E-state index is 0.301. The second-order valence-electron chi connectivity index (χ2n) is 6.97. The molecule has 2 aromatic heterocycles. The first-order valence-electron chi connectivity index (χ1n) is 9.40. The van der Waals surface area contributed by atoms with Crippen molar-refractivity contribution in [2.45, 2.75) is 44.4 Å². The van der Waals surface area contributed by atoms with Crippen LogP contribution >= 0.6 is 11.8 Å². The SMILES string of the molecule is Cc1ccc(-n2c(SC[C@H]3CCCCO3)nnc2-c2cccnc2)c(C)c1. The van der Waals surface area contributed by atoms with E-state index < -0.39 is 0 Å². The second-order valence-corrected chi connectivity index (χ2v) is 7.96. The number of rotatable bonds is 5. The zero-order chi connectivity index (χ0) is 18.6. The third-order valence-corrected chi connectivity index (χ3v) is 5.88. The monoisotopic (exact) mass is 380 g/mol. The molecule has 0 bridgehead atoms. The molecule has 1 aromatic carbocycles. The number of hydrogen-bond acceptors (Lipinski definition) is 5. The molecule has 140 valence electrons. The van der Waals surface area contributed by atoms with Crippen LogP contribution in [0.15, 0.2) is 47.9 Å². The molecule has 1 atom stereocenters. The topological polar surface area (TPSA) is 52.8 Å². The highest BCUT2D eigenvalue weighted by atomic mass is 32.2. The highest BCUT2D eigenvalue weighted by Gasteiger charge is 2.20. The summed E-state index contributed by atoms with van der Waals surface area (Å²) in [5.74, 6) is 1.72. The van der Waals surface area contributed by atoms with Gasteiger partial charge in [-0.2, -0.15) is 0 Å². The maximum atomic E-state index is 5.89. The molecule has 4 rings (SSSR count). The fraction of sp³-hybridized carbons (Fsp3) is 0.381. The fourth-order valence-electron chi connectivity index (χ4n) is 3.43. The van der Waals surface area contributed by atoms with Gasteiger partial charge < -0.3 is 4.74 Å². The van der Waals surface area contributed by atoms with E-state index in [1.807, 2.05) is 18.3 Å². The molecule has 0 amide bonds. The van der Waals surface area contributed by atoms with Gasteiger partial charge in [-0.15, -0.1) is 10.2 Å². The lowest BCUT2D eigenvalue weighted by Crippen LogP contribution is -2.21. The van der Waals surface area contributed by atoms with Gasteiger partial charge >= 0.3 is 0 Å². The molecule has 0 spiro atoms. The van der Waals surface area contributed by atoms with E-state index in [0.29, 0.717) is 6.10 Å². The molecule has 0 aliphatic carbocycles. The highest BCUT2D eigenvalue weighted by molar-refractivity contribution is 7.99. The smallest absolute Gasteiger partial charge is 0.196 e. The summed E-state index contributed by atoms with van der Waals surface area (Å²) in [6, 6.07) is 10.4. The van der Waals surface area contributed by atoms with Crippen LogP contribution in [0.1, 0.15) is 30.4 Å². The van der Waals surface area contributed by atoms with Crippen molar-refractivity contribution in [3.8, 4) is 17.1 Å². The van der Waals surface area contributed by atoms with Crippen molar-refractivity contribution < 1.29 is 4.74 Å². The molecule has 0 N–H and O–H groups in total. The predicted octanol–water partition coefficient (Wildman–Crippen LogP) is 4.61. The number of hydrogen-bond donors (Lipinski definition) is 0. The van der Waals surface area contributed by atoms with E-state index in [1.165, 1.54) is 24.0 Å². The summed E-state index contributed by atoms with van der Waals surface area (Å²) in [6.45, 7) is 5.12. The van der Waals surface area contributed by atoms with Gasteiger partial charge in [0.25, 0.3) is 0 Å². The molecule has 27 heavy (non-hydrogen) atoms. The average Bonchev–Trinajstić information content (AvgIpc) is 3.11. The molecule has 1 aliphatic heterocycles. The van der Waals surface area contributed by atoms with E-state index in [9.17, 15) is 0 Å². The Labute approximate surface area is 164 Å². The number of thioether (sulfide) groups is 1. The van der Waals surface area contributed by atoms with Gasteiger partial charge in [0.1, 0.15) is 0 Å². The van der Waals surface area contributed by atoms with E-state index in [2.05, 4.69) is 51.8 Å². The molecule has 1 aliphatic rings. The van der Waals surface area contributed by atoms with Crippen LogP contribution in [0.25, 0.3) is 17.1 Å². The van der Waals surface area contributed by atoms with Crippen LogP contribution in [0.3, 0.4) is 0 Å². The van der Waals surface area contributed by atoms with Gasteiger partial charge in [-0.3, -0.25) is 9.55 Å². The van der Waals surface area contributed by atoms with Crippen molar-refractivity contribution in [3.05, 3.63) is 53.9 Å². The number of pyridine rings is 1. The Hall–Kier alpha value is -2.18. The lowest BCUT2D eigenvalue weighted by molar-refractivity contribution is 0.0315. The van der Waals surface area contributed by atoms with E-state index in [-0.39, 0.29) is 0 Å². The summed E-state index contributed by atoms with van der Waals surface area (Å²) < 4.78 is 8.04. The Kier molecular flexibility index (Phi) is 5.55. The number of nitrogens with zero attached hydrogens (tertiary/aromatic N) is 4. The molecule has 6 heteroatoms. The van der Waals surface area contributed by atoms with Crippen LogP contribution in [0.5, 0.6) is 0 Å². The van der Waals surface area contributed by atoms with E-state index in [1.54, 1.807) is 18.0 Å². The Morgan fingerprint density at radius 2 is 2.11 bits per heavy atom. The van der Waals surface area contributed by atoms with E-state index in [0.717, 1.165) is 41.0 Å². The van der Waals surface area contributed by atoms with Gasteiger partial charge in [0.05, 0.1) is 11.8 Å². The third-order valence-electron chi connectivity index (χ3n) is 4.82. The van der Waals surface area contributed by atoms with Gasteiger partial charge in [0.2, 0.25) is 0 Å². The fourth-order valence-corrected chi connectivity index (χ4v) is 4.44. The van der Waals surface area contributed by atoms with Gasteiger partial charge in [0.15, 0.2) is 11.0 Å². The van der Waals surface area contributed by atoms with Crippen molar-refractivity contribution in [3.63, 3.8) is 0 Å². The molecule has 5 nitrogen and oxygen atoms in total. The van der Waals surface area contributed by atoms with Gasteiger partial charge in [-0.05, 0) is 56.9 Å². The molecule has 0 radical (unpaired) electrons. The van der Waals surface area contributed by atoms with Crippen molar-refractivity contribution in [2.75, 3.05) is 12.4 Å². The highest BCUT2D eigenvalue weighted by Crippen LogP contribution is 2.31. The Morgan fingerprint density at radius 3 is 2.85 bits per heavy atom. The molecular weight excluding hydrogens is 356 g/mol. The molecule has 0 saturated carbocycles. The van der Waals surface area contributed by atoms with Crippen LogP contribution in [-0.2, 0) is 4.74 Å². The lowest BCUT2D eigenvalue weighted by Gasteiger charge is -2.22. The minimum Gasteiger partial charge on any atom is -0.377 e. The van der Waals surface area contributed by atoms with Crippen LogP contribution in [0.4, 0.5) is 0 Å². The molecule has 0 unspecified atom stereocenters. The van der Waals surface area contributed by atoms with Gasteiger partial charge in [-0.1, -0.05) is 29.5 Å². The van der Waals surface area contributed by atoms with Gasteiger partial charge in [-0.25, -0.2) is 0 Å². The first kappa shape index (κ1) is 18.2. The minimum atomic E-state index is 0.301. The van der Waals surface area contributed by atoms with Crippen molar-refractivity contribution in [2.24, 2.45) is 0 Å². The zero-order valence-electron chi connectivity index (χ0n) is 15.8. The van der Waals surface area contributed by atoms with E-state index in [4.69, 9.17) is 4.74 Å². The summed E-state index contributed by atoms with van der Waals surface area (Å²) in [6.07, 6.45) is 7.45. The standard InChI is InChI=1S/C21H24N4OS/c1-15-8-9-19(16(2)12-15)25-20(17-6-5-10-22-13-17)23-24-21(25)27-14-18-7-3-4-11-26-18/h5-6,8-10,12-13,18H,3-4,7,11,14H2,1-2H3/t18-/m1/s1. The molecule has 3 aromatic rings. The first-order chi connectivity index (χ1) is 13.2. The summed E-state index contributed by atoms with van der Waals surface area (Å²) in [7, 11) is 0. The zero-order valence-corrected chi connectivity index (χ0v) is 16.6. The van der Waals surface area contributed by atoms with Crippen LogP contribution < -0.4 is 0 Å². The van der Waals surface area contributed by atoms with Crippen LogP contribution in [0.2, 0.25) is 0 Å². The van der Waals surface area contributed by atoms with Crippen molar-refractivity contribution in [1.82, 2.24) is 19.7 Å². The maximum Gasteiger partial charge on any atom is 0.196 e. The summed E-state index contributed by atoms with van der Waals surface area (Å²) in [4.78, 5) is 4.25. The first-order valence-corrected chi connectivity index (χ1v) is 10.4. The number of benzene rings is 1. The molecule has 3 heterocycles. The summed E-state index contributed by atoms with van der Waals surface area (Å²) >= 11 is 1.72. The molecule has 1 fully saturated rings. The second kappa shape index (κ2) is 8.23. The quantitative estimate of drug-likeness (QED) is 0.605. The largest absolute Gasteiger partial charge is 0.377 e. The Balaban J connectivity index is 1.71. The predicted molar refractivity (Wildman–Crippen MR) is 108 cm³/mol. The lowest BCUT2D eigenvalue weighted by atomic mass is 10.1. The van der Waals surface area contributed by atoms with Crippen molar-refractivity contribution in [1.29, 1.82) is 0 Å². The van der Waals surface area contributed by atoms with E-state index >= 15 is 0 Å². The maximum absolute atomic E-state index is 5.89. The summed E-state index contributed by atoms with van der Waals surface area (Å²) in [5.41, 5.74) is 4.52.